The fraction of sp³-hybridized carbons (Fsp3) is 0.348. The SMILES string of the molecule is CCOc1ccc2nc(NC(=O)C(NC(=O)c3cc(OC)cc(OC)c3)C(C)C)sc2c1. The average Bonchev–Trinajstić information content (AvgIpc) is 3.18. The number of hydrogen-bond acceptors (Lipinski definition) is 7. The molecule has 8 nitrogen and oxygen atoms in total. The number of methoxy groups -OCH3 is 2. The van der Waals surface area contributed by atoms with Gasteiger partial charge in [-0.15, -0.1) is 0 Å². The van der Waals surface area contributed by atoms with Crippen LogP contribution in [-0.4, -0.2) is 43.7 Å². The second kappa shape index (κ2) is 10.3. The van der Waals surface area contributed by atoms with Crippen LogP contribution in [0.5, 0.6) is 17.2 Å². The van der Waals surface area contributed by atoms with Crippen LogP contribution in [0.2, 0.25) is 0 Å². The molecule has 1 unspecified atom stereocenters. The highest BCUT2D eigenvalue weighted by Gasteiger charge is 2.26. The normalized spacial score (nSPS) is 11.8. The molecule has 2 amide bonds. The molecule has 0 bridgehead atoms. The quantitative estimate of drug-likeness (QED) is 0.502. The van der Waals surface area contributed by atoms with Crippen LogP contribution in [0, 0.1) is 5.92 Å². The largest absolute Gasteiger partial charge is 0.497 e. The molecule has 0 aliphatic carbocycles. The first-order valence-corrected chi connectivity index (χ1v) is 11.0. The molecule has 0 aliphatic heterocycles. The first-order chi connectivity index (χ1) is 15.3. The molecule has 170 valence electrons. The van der Waals surface area contributed by atoms with Crippen molar-refractivity contribution >= 4 is 38.5 Å². The molecule has 2 N–H and O–H groups in total. The smallest absolute Gasteiger partial charge is 0.252 e. The summed E-state index contributed by atoms with van der Waals surface area (Å²) in [7, 11) is 3.02. The summed E-state index contributed by atoms with van der Waals surface area (Å²) in [6.45, 7) is 6.22. The van der Waals surface area contributed by atoms with Gasteiger partial charge in [-0.05, 0) is 43.2 Å². The predicted molar refractivity (Wildman–Crippen MR) is 125 cm³/mol. The molecule has 3 rings (SSSR count). The Bertz CT molecular complexity index is 1090. The van der Waals surface area contributed by atoms with Gasteiger partial charge in [-0.25, -0.2) is 4.98 Å². The summed E-state index contributed by atoms with van der Waals surface area (Å²) in [5.41, 5.74) is 1.10. The van der Waals surface area contributed by atoms with Crippen molar-refractivity contribution < 1.29 is 23.8 Å². The number of fused-ring (bicyclic) bond motifs is 1. The van der Waals surface area contributed by atoms with Gasteiger partial charge in [-0.2, -0.15) is 0 Å². The third-order valence-electron chi connectivity index (χ3n) is 4.75. The van der Waals surface area contributed by atoms with Gasteiger partial charge in [0.25, 0.3) is 5.91 Å². The predicted octanol–water partition coefficient (Wildman–Crippen LogP) is 4.11. The number of benzene rings is 2. The molecule has 0 radical (unpaired) electrons. The number of hydrogen-bond donors (Lipinski definition) is 2. The van der Waals surface area contributed by atoms with E-state index in [-0.39, 0.29) is 11.8 Å². The van der Waals surface area contributed by atoms with E-state index in [1.54, 1.807) is 18.2 Å². The van der Waals surface area contributed by atoms with Crippen molar-refractivity contribution in [1.82, 2.24) is 10.3 Å². The van der Waals surface area contributed by atoms with Crippen molar-refractivity contribution in [3.05, 3.63) is 42.0 Å². The van der Waals surface area contributed by atoms with E-state index in [1.165, 1.54) is 25.6 Å². The van der Waals surface area contributed by atoms with Crippen LogP contribution in [0.4, 0.5) is 5.13 Å². The van der Waals surface area contributed by atoms with Crippen LogP contribution in [0.15, 0.2) is 36.4 Å². The zero-order chi connectivity index (χ0) is 23.3. The summed E-state index contributed by atoms with van der Waals surface area (Å²) in [4.78, 5) is 30.3. The lowest BCUT2D eigenvalue weighted by molar-refractivity contribution is -0.118. The fourth-order valence-electron chi connectivity index (χ4n) is 3.10. The van der Waals surface area contributed by atoms with Gasteiger partial charge in [0.05, 0.1) is 31.0 Å². The second-order valence-electron chi connectivity index (χ2n) is 7.37. The van der Waals surface area contributed by atoms with Gasteiger partial charge in [-0.1, -0.05) is 25.2 Å². The lowest BCUT2D eigenvalue weighted by atomic mass is 10.0. The Morgan fingerprint density at radius 2 is 1.72 bits per heavy atom. The molecular formula is C23H27N3O5S. The maximum atomic E-state index is 13.0. The van der Waals surface area contributed by atoms with E-state index in [2.05, 4.69) is 15.6 Å². The zero-order valence-electron chi connectivity index (χ0n) is 18.7. The number of carbonyl (C=O) groups is 2. The third-order valence-corrected chi connectivity index (χ3v) is 5.68. The Morgan fingerprint density at radius 3 is 2.31 bits per heavy atom. The van der Waals surface area contributed by atoms with Gasteiger partial charge in [0.2, 0.25) is 5.91 Å². The summed E-state index contributed by atoms with van der Waals surface area (Å²) in [5, 5.41) is 6.10. The summed E-state index contributed by atoms with van der Waals surface area (Å²) in [6, 6.07) is 9.69. The van der Waals surface area contributed by atoms with Crippen LogP contribution >= 0.6 is 11.3 Å². The number of ether oxygens (including phenoxy) is 3. The molecular weight excluding hydrogens is 430 g/mol. The Hall–Kier alpha value is -3.33. The number of carbonyl (C=O) groups excluding carboxylic acids is 2. The topological polar surface area (TPSA) is 98.8 Å². The maximum absolute atomic E-state index is 13.0. The van der Waals surface area contributed by atoms with Gasteiger partial charge >= 0.3 is 0 Å². The van der Waals surface area contributed by atoms with Crippen molar-refractivity contribution in [2.75, 3.05) is 26.1 Å². The van der Waals surface area contributed by atoms with Gasteiger partial charge < -0.3 is 24.8 Å². The monoisotopic (exact) mass is 457 g/mol. The molecule has 1 atom stereocenters. The molecule has 0 saturated carbocycles. The minimum atomic E-state index is -0.759. The molecule has 1 aromatic heterocycles. The Balaban J connectivity index is 1.76. The van der Waals surface area contributed by atoms with Crippen molar-refractivity contribution in [2.24, 2.45) is 5.92 Å². The van der Waals surface area contributed by atoms with Crippen LogP contribution in [-0.2, 0) is 4.79 Å². The number of thiazole rings is 1. The minimum Gasteiger partial charge on any atom is -0.497 e. The highest BCUT2D eigenvalue weighted by molar-refractivity contribution is 7.22. The Kier molecular flexibility index (Phi) is 7.53. The van der Waals surface area contributed by atoms with Gasteiger partial charge in [-0.3, -0.25) is 9.59 Å². The molecule has 0 spiro atoms. The van der Waals surface area contributed by atoms with Crippen LogP contribution in [0.3, 0.4) is 0 Å². The maximum Gasteiger partial charge on any atom is 0.252 e. The molecule has 2 aromatic carbocycles. The highest BCUT2D eigenvalue weighted by Crippen LogP contribution is 2.29. The molecule has 0 saturated heterocycles. The molecule has 3 aromatic rings. The minimum absolute atomic E-state index is 0.148. The van der Waals surface area contributed by atoms with Crippen molar-refractivity contribution in [1.29, 1.82) is 0 Å². The molecule has 9 heteroatoms. The van der Waals surface area contributed by atoms with E-state index in [1.807, 2.05) is 39.0 Å². The number of nitrogens with one attached hydrogen (secondary N) is 2. The van der Waals surface area contributed by atoms with Crippen LogP contribution < -0.4 is 24.8 Å². The van der Waals surface area contributed by atoms with E-state index in [0.717, 1.165) is 16.0 Å². The van der Waals surface area contributed by atoms with Crippen molar-refractivity contribution in [2.45, 2.75) is 26.8 Å². The zero-order valence-corrected chi connectivity index (χ0v) is 19.5. The number of rotatable bonds is 9. The van der Waals surface area contributed by atoms with Gasteiger partial charge in [0.1, 0.15) is 23.3 Å². The van der Waals surface area contributed by atoms with E-state index in [4.69, 9.17) is 14.2 Å². The average molecular weight is 458 g/mol. The Morgan fingerprint density at radius 1 is 1.03 bits per heavy atom. The molecule has 0 fully saturated rings. The van der Waals surface area contributed by atoms with Crippen LogP contribution in [0.1, 0.15) is 31.1 Å². The molecule has 0 aliphatic rings. The number of aromatic nitrogens is 1. The fourth-order valence-corrected chi connectivity index (χ4v) is 3.99. The summed E-state index contributed by atoms with van der Waals surface area (Å²) < 4.78 is 16.9. The van der Waals surface area contributed by atoms with Gasteiger partial charge in [0, 0.05) is 11.6 Å². The lowest BCUT2D eigenvalue weighted by Gasteiger charge is -2.21. The number of amides is 2. The highest BCUT2D eigenvalue weighted by atomic mass is 32.1. The van der Waals surface area contributed by atoms with Crippen molar-refractivity contribution in [3.63, 3.8) is 0 Å². The number of anilines is 1. The third kappa shape index (κ3) is 5.47. The van der Waals surface area contributed by atoms with Crippen molar-refractivity contribution in [3.8, 4) is 17.2 Å². The molecule has 1 heterocycles. The number of nitrogens with zero attached hydrogens (tertiary/aromatic N) is 1. The van der Waals surface area contributed by atoms with E-state index in [9.17, 15) is 9.59 Å². The van der Waals surface area contributed by atoms with E-state index >= 15 is 0 Å². The summed E-state index contributed by atoms with van der Waals surface area (Å²) in [5.74, 6) is 0.837. The van der Waals surface area contributed by atoms with Crippen LogP contribution in [0.25, 0.3) is 10.2 Å². The molecule has 32 heavy (non-hydrogen) atoms. The Labute approximate surface area is 190 Å². The van der Waals surface area contributed by atoms with E-state index < -0.39 is 11.9 Å². The summed E-state index contributed by atoms with van der Waals surface area (Å²) in [6.07, 6.45) is 0. The lowest BCUT2D eigenvalue weighted by Crippen LogP contribution is -2.47. The first kappa shape index (κ1) is 23.3. The summed E-state index contributed by atoms with van der Waals surface area (Å²) >= 11 is 1.35. The first-order valence-electron chi connectivity index (χ1n) is 10.2. The second-order valence-corrected chi connectivity index (χ2v) is 8.40. The standard InChI is InChI=1S/C23H27N3O5S/c1-6-31-15-7-8-18-19(12-15)32-23(24-18)26-22(28)20(13(2)3)25-21(27)14-9-16(29-4)11-17(10-14)30-5/h7-13,20H,6H2,1-5H3,(H,25,27)(H,24,26,28). The van der Waals surface area contributed by atoms with E-state index in [0.29, 0.717) is 28.8 Å². The van der Waals surface area contributed by atoms with Gasteiger partial charge in [0.15, 0.2) is 5.13 Å².